The van der Waals surface area contributed by atoms with Gasteiger partial charge in [-0.05, 0) is 36.9 Å². The molecule has 3 rings (SSSR count). The summed E-state index contributed by atoms with van der Waals surface area (Å²) in [6, 6.07) is 20.5. The van der Waals surface area contributed by atoms with Crippen molar-refractivity contribution in [3.05, 3.63) is 72.3 Å². The predicted octanol–water partition coefficient (Wildman–Crippen LogP) is 4.01. The van der Waals surface area contributed by atoms with Crippen molar-refractivity contribution >= 4 is 28.3 Å². The first-order valence-corrected chi connectivity index (χ1v) is 9.91. The Balaban J connectivity index is 1.67. The van der Waals surface area contributed by atoms with Gasteiger partial charge in [-0.2, -0.15) is 0 Å². The topological polar surface area (TPSA) is 76.7 Å². The summed E-state index contributed by atoms with van der Waals surface area (Å²) in [6.07, 6.45) is -0.0271. The van der Waals surface area contributed by atoms with E-state index >= 15 is 0 Å². The average Bonchev–Trinajstić information content (AvgIpc) is 2.77. The maximum Gasteiger partial charge on any atom is 0.265 e. The van der Waals surface area contributed by atoms with Crippen LogP contribution in [-0.4, -0.2) is 38.2 Å². The number of rotatable bonds is 9. The third kappa shape index (κ3) is 5.36. The zero-order valence-corrected chi connectivity index (χ0v) is 17.2. The van der Waals surface area contributed by atoms with Crippen molar-refractivity contribution in [1.82, 2.24) is 5.32 Å². The zero-order chi connectivity index (χ0) is 21.3. The van der Waals surface area contributed by atoms with E-state index in [4.69, 9.17) is 9.47 Å². The lowest BCUT2D eigenvalue weighted by molar-refractivity contribution is -0.122. The fourth-order valence-electron chi connectivity index (χ4n) is 3.08. The van der Waals surface area contributed by atoms with Gasteiger partial charge in [-0.3, -0.25) is 9.59 Å². The molecule has 1 atom stereocenters. The van der Waals surface area contributed by atoms with Gasteiger partial charge >= 0.3 is 0 Å². The Morgan fingerprint density at radius 3 is 2.53 bits per heavy atom. The van der Waals surface area contributed by atoms with Crippen molar-refractivity contribution in [2.75, 3.05) is 25.6 Å². The number of carbonyl (C=O) groups excluding carboxylic acids is 2. The van der Waals surface area contributed by atoms with Crippen LogP contribution in [-0.2, 0) is 9.53 Å². The highest BCUT2D eigenvalue weighted by molar-refractivity contribution is 6.04. The lowest BCUT2D eigenvalue weighted by Crippen LogP contribution is -2.32. The Morgan fingerprint density at radius 2 is 1.70 bits per heavy atom. The molecular weight excluding hydrogens is 380 g/mol. The molecule has 156 valence electrons. The molecule has 0 unspecified atom stereocenters. The Morgan fingerprint density at radius 1 is 0.967 bits per heavy atom. The predicted molar refractivity (Wildman–Crippen MR) is 118 cm³/mol. The van der Waals surface area contributed by atoms with Crippen LogP contribution in [0.25, 0.3) is 10.8 Å². The Labute approximate surface area is 176 Å². The fraction of sp³-hybridized carbons (Fsp3) is 0.250. The first-order valence-electron chi connectivity index (χ1n) is 9.91. The third-order valence-electron chi connectivity index (χ3n) is 4.66. The Kier molecular flexibility index (Phi) is 7.40. The molecule has 0 saturated carbocycles. The quantitative estimate of drug-likeness (QED) is 0.527. The van der Waals surface area contributed by atoms with Crippen LogP contribution < -0.4 is 15.4 Å². The van der Waals surface area contributed by atoms with E-state index in [1.54, 1.807) is 38.3 Å². The van der Waals surface area contributed by atoms with Crippen LogP contribution in [0.15, 0.2) is 66.7 Å². The molecule has 0 radical (unpaired) electrons. The summed E-state index contributed by atoms with van der Waals surface area (Å²) in [6.45, 7) is 2.75. The van der Waals surface area contributed by atoms with Crippen molar-refractivity contribution in [1.29, 1.82) is 0 Å². The summed E-state index contributed by atoms with van der Waals surface area (Å²) in [7, 11) is 1.62. The van der Waals surface area contributed by atoms with Gasteiger partial charge in [-0.15, -0.1) is 0 Å². The average molecular weight is 406 g/mol. The van der Waals surface area contributed by atoms with E-state index in [-0.39, 0.29) is 11.8 Å². The lowest BCUT2D eigenvalue weighted by Gasteiger charge is -2.17. The van der Waals surface area contributed by atoms with Crippen molar-refractivity contribution < 1.29 is 19.1 Å². The monoisotopic (exact) mass is 406 g/mol. The van der Waals surface area contributed by atoms with Crippen molar-refractivity contribution in [3.8, 4) is 5.75 Å². The maximum atomic E-state index is 12.7. The van der Waals surface area contributed by atoms with Crippen molar-refractivity contribution in [2.45, 2.75) is 19.4 Å². The van der Waals surface area contributed by atoms with Gasteiger partial charge in [0.1, 0.15) is 5.75 Å². The highest BCUT2D eigenvalue weighted by Gasteiger charge is 2.19. The van der Waals surface area contributed by atoms with E-state index in [1.165, 1.54) is 0 Å². The molecule has 0 saturated heterocycles. The molecule has 30 heavy (non-hydrogen) atoms. The van der Waals surface area contributed by atoms with Gasteiger partial charge in [-0.25, -0.2) is 0 Å². The summed E-state index contributed by atoms with van der Waals surface area (Å²) in [5.41, 5.74) is 0.848. The van der Waals surface area contributed by atoms with E-state index in [0.29, 0.717) is 36.6 Å². The van der Waals surface area contributed by atoms with Crippen molar-refractivity contribution in [3.63, 3.8) is 0 Å². The molecule has 3 aromatic carbocycles. The summed E-state index contributed by atoms with van der Waals surface area (Å²) >= 11 is 0. The molecule has 0 aliphatic rings. The highest BCUT2D eigenvalue weighted by Crippen LogP contribution is 2.26. The van der Waals surface area contributed by atoms with E-state index in [2.05, 4.69) is 10.6 Å². The number of hydrogen-bond acceptors (Lipinski definition) is 4. The van der Waals surface area contributed by atoms with E-state index in [1.807, 2.05) is 42.5 Å². The van der Waals surface area contributed by atoms with Crippen LogP contribution in [0.2, 0.25) is 0 Å². The molecule has 3 aromatic rings. The summed E-state index contributed by atoms with van der Waals surface area (Å²) in [4.78, 5) is 25.2. The molecule has 6 nitrogen and oxygen atoms in total. The molecule has 6 heteroatoms. The molecule has 0 aromatic heterocycles. The second-order valence-corrected chi connectivity index (χ2v) is 6.87. The molecule has 2 N–H and O–H groups in total. The van der Waals surface area contributed by atoms with E-state index < -0.39 is 6.10 Å². The first kappa shape index (κ1) is 21.3. The van der Waals surface area contributed by atoms with Gasteiger partial charge in [0.2, 0.25) is 0 Å². The number of carbonyl (C=O) groups is 2. The molecule has 0 heterocycles. The normalized spacial score (nSPS) is 11.7. The van der Waals surface area contributed by atoms with Crippen LogP contribution in [0.1, 0.15) is 23.7 Å². The smallest absolute Gasteiger partial charge is 0.265 e. The lowest BCUT2D eigenvalue weighted by atomic mass is 10.1. The molecule has 0 aliphatic carbocycles. The second kappa shape index (κ2) is 10.4. The minimum absolute atomic E-state index is 0.246. The number of para-hydroxylation sites is 1. The molecule has 0 bridgehead atoms. The SMILES string of the molecule is COCCCNC(=O)c1ccccc1NC(=O)[C@H](C)Oc1cccc2ccccc12. The van der Waals surface area contributed by atoms with Crippen LogP contribution in [0.4, 0.5) is 5.69 Å². The van der Waals surface area contributed by atoms with E-state index in [0.717, 1.165) is 10.8 Å². The zero-order valence-electron chi connectivity index (χ0n) is 17.2. The van der Waals surface area contributed by atoms with Gasteiger partial charge in [0.05, 0.1) is 11.3 Å². The van der Waals surface area contributed by atoms with Gasteiger partial charge in [0.15, 0.2) is 6.10 Å². The summed E-state index contributed by atoms with van der Waals surface area (Å²) in [5.74, 6) is 0.0621. The molecule has 0 spiro atoms. The van der Waals surface area contributed by atoms with Crippen LogP contribution in [0, 0.1) is 0 Å². The number of benzene rings is 3. The number of fused-ring (bicyclic) bond motifs is 1. The fourth-order valence-corrected chi connectivity index (χ4v) is 3.08. The summed E-state index contributed by atoms with van der Waals surface area (Å²) in [5, 5.41) is 7.63. The minimum Gasteiger partial charge on any atom is -0.480 e. The van der Waals surface area contributed by atoms with Crippen LogP contribution >= 0.6 is 0 Å². The van der Waals surface area contributed by atoms with Crippen LogP contribution in [0.5, 0.6) is 5.75 Å². The largest absolute Gasteiger partial charge is 0.480 e. The second-order valence-electron chi connectivity index (χ2n) is 6.87. The standard InChI is InChI=1S/C24H26N2O4/c1-17(30-22-14-7-10-18-9-3-4-11-19(18)22)23(27)26-21-13-6-5-12-20(21)24(28)25-15-8-16-29-2/h3-7,9-14,17H,8,15-16H2,1-2H3,(H,25,28)(H,26,27)/t17-/m0/s1. The van der Waals surface area contributed by atoms with Crippen LogP contribution in [0.3, 0.4) is 0 Å². The first-order chi connectivity index (χ1) is 14.6. The van der Waals surface area contributed by atoms with E-state index in [9.17, 15) is 9.59 Å². The number of hydrogen-bond donors (Lipinski definition) is 2. The summed E-state index contributed by atoms with van der Waals surface area (Å²) < 4.78 is 10.9. The van der Waals surface area contributed by atoms with Gasteiger partial charge in [0.25, 0.3) is 11.8 Å². The highest BCUT2D eigenvalue weighted by atomic mass is 16.5. The van der Waals surface area contributed by atoms with Crippen molar-refractivity contribution in [2.24, 2.45) is 0 Å². The maximum absolute atomic E-state index is 12.7. The molecule has 0 aliphatic heterocycles. The number of ether oxygens (including phenoxy) is 2. The molecule has 2 amide bonds. The van der Waals surface area contributed by atoms with Gasteiger partial charge in [0, 0.05) is 25.6 Å². The minimum atomic E-state index is -0.742. The van der Waals surface area contributed by atoms with Gasteiger partial charge in [-0.1, -0.05) is 48.5 Å². The number of anilines is 1. The third-order valence-corrected chi connectivity index (χ3v) is 4.66. The number of methoxy groups -OCH3 is 1. The Hall–Kier alpha value is -3.38. The van der Waals surface area contributed by atoms with Gasteiger partial charge < -0.3 is 20.1 Å². The number of nitrogens with one attached hydrogen (secondary N) is 2. The molecular formula is C24H26N2O4. The Bertz CT molecular complexity index is 1010. The molecule has 0 fully saturated rings. The number of amides is 2.